The molecule has 7 nitrogen and oxygen atoms in total. The van der Waals surface area contributed by atoms with Crippen molar-refractivity contribution in [2.45, 2.75) is 33.6 Å². The van der Waals surface area contributed by atoms with E-state index in [0.29, 0.717) is 18.4 Å². The third-order valence-corrected chi connectivity index (χ3v) is 8.97. The van der Waals surface area contributed by atoms with E-state index < -0.39 is 39.4 Å². The Morgan fingerprint density at radius 3 is 1.97 bits per heavy atom. The van der Waals surface area contributed by atoms with Crippen molar-refractivity contribution >= 4 is 40.1 Å². The first-order valence-corrected chi connectivity index (χ1v) is 13.2. The summed E-state index contributed by atoms with van der Waals surface area (Å²) in [4.78, 5) is 55.5. The lowest BCUT2D eigenvalue weighted by Crippen LogP contribution is -2.41. The van der Waals surface area contributed by atoms with E-state index in [1.165, 1.54) is 12.1 Å². The number of nitro benzene ring substituents is 1. The smallest absolute Gasteiger partial charge is 0.271 e. The lowest BCUT2D eigenvalue weighted by atomic mass is 9.61. The van der Waals surface area contributed by atoms with Gasteiger partial charge in [0.1, 0.15) is 0 Å². The first-order chi connectivity index (χ1) is 18.7. The number of anilines is 1. The number of nitro groups is 1. The van der Waals surface area contributed by atoms with Gasteiger partial charge in [0, 0.05) is 12.1 Å². The summed E-state index contributed by atoms with van der Waals surface area (Å²) in [7, 11) is 0. The van der Waals surface area contributed by atoms with Gasteiger partial charge in [0.25, 0.3) is 5.69 Å². The number of ketones is 1. The fraction of sp³-hybridized carbons (Fsp3) is 0.281. The van der Waals surface area contributed by atoms with E-state index in [1.54, 1.807) is 13.0 Å². The number of carbonyl (C=O) groups excluding carboxylic acids is 3. The molecule has 2 aliphatic carbocycles. The molecule has 3 aromatic carbocycles. The molecule has 0 spiro atoms. The van der Waals surface area contributed by atoms with Crippen LogP contribution in [0.25, 0.3) is 11.1 Å². The van der Waals surface area contributed by atoms with E-state index in [-0.39, 0.29) is 17.2 Å². The largest absolute Gasteiger partial charge is 0.298 e. The predicted molar refractivity (Wildman–Crippen MR) is 147 cm³/mol. The molecular formula is C32H28N2O5. The fourth-order valence-electron chi connectivity index (χ4n) is 7.55. The molecule has 0 aromatic heterocycles. The highest BCUT2D eigenvalue weighted by Gasteiger charge is 2.80. The van der Waals surface area contributed by atoms with Crippen LogP contribution in [0.15, 0.2) is 78.9 Å². The summed E-state index contributed by atoms with van der Waals surface area (Å²) in [5.41, 5.74) is 1.51. The summed E-state index contributed by atoms with van der Waals surface area (Å²) in [6.45, 7) is 5.53. The topological polar surface area (TPSA) is 97.6 Å². The maximum absolute atomic E-state index is 14.7. The minimum absolute atomic E-state index is 0.0818. The van der Waals surface area contributed by atoms with E-state index in [1.807, 2.05) is 74.5 Å². The second-order valence-electron chi connectivity index (χ2n) is 10.9. The van der Waals surface area contributed by atoms with Gasteiger partial charge >= 0.3 is 0 Å². The second kappa shape index (κ2) is 8.56. The number of non-ortho nitro benzene ring substituents is 1. The van der Waals surface area contributed by atoms with Gasteiger partial charge in [0.15, 0.2) is 5.78 Å². The number of Topliss-reactive ketones (excluding diaryl/α,β-unsaturated/α-hetero) is 1. The zero-order chi connectivity index (χ0) is 27.7. The van der Waals surface area contributed by atoms with Crippen LogP contribution in [0.3, 0.4) is 0 Å². The molecule has 196 valence electrons. The Bertz CT molecular complexity index is 1600. The van der Waals surface area contributed by atoms with Gasteiger partial charge in [0.2, 0.25) is 11.8 Å². The van der Waals surface area contributed by atoms with E-state index in [0.717, 1.165) is 27.2 Å². The third kappa shape index (κ3) is 3.07. The Labute approximate surface area is 226 Å². The van der Waals surface area contributed by atoms with Crippen LogP contribution in [0.2, 0.25) is 0 Å². The van der Waals surface area contributed by atoms with Gasteiger partial charge in [-0.2, -0.15) is 0 Å². The predicted octanol–water partition coefficient (Wildman–Crippen LogP) is 6.01. The summed E-state index contributed by atoms with van der Waals surface area (Å²) in [5.74, 6) is -2.79. The van der Waals surface area contributed by atoms with Gasteiger partial charge in [-0.3, -0.25) is 24.5 Å². The van der Waals surface area contributed by atoms with Crippen LogP contribution in [-0.2, 0) is 14.4 Å². The van der Waals surface area contributed by atoms with Gasteiger partial charge in [-0.1, -0.05) is 80.1 Å². The molecule has 2 bridgehead atoms. The minimum atomic E-state index is -1.23. The van der Waals surface area contributed by atoms with Crippen molar-refractivity contribution in [3.8, 4) is 0 Å². The first kappa shape index (κ1) is 24.9. The maximum atomic E-state index is 14.7. The standard InChI is InChI=1S/C32H28N2O5/c1-4-17-32-25(21-13-9-6-10-14-21)24(20-11-7-5-8-12-20)31(3,30(32)37)26-27(32)29(36)33(28(26)35)23-18-22(34(38)39)16-15-19(23)2/h5-16,18,26-27H,4,17H2,1-3H3/t26-,27+,31+,32-/m1/s1. The van der Waals surface area contributed by atoms with Gasteiger partial charge in [-0.15, -0.1) is 0 Å². The van der Waals surface area contributed by atoms with Gasteiger partial charge in [-0.25, -0.2) is 4.90 Å². The van der Waals surface area contributed by atoms with Crippen molar-refractivity contribution in [3.63, 3.8) is 0 Å². The molecule has 1 saturated heterocycles. The van der Waals surface area contributed by atoms with Crippen molar-refractivity contribution in [1.82, 2.24) is 0 Å². The Hall–Kier alpha value is -4.39. The first-order valence-electron chi connectivity index (χ1n) is 13.2. The van der Waals surface area contributed by atoms with E-state index >= 15 is 0 Å². The number of allylic oxidation sites excluding steroid dienone is 2. The zero-order valence-electron chi connectivity index (χ0n) is 22.0. The number of carbonyl (C=O) groups is 3. The second-order valence-corrected chi connectivity index (χ2v) is 10.9. The molecule has 0 N–H and O–H groups in total. The molecule has 6 rings (SSSR count). The molecule has 0 unspecified atom stereocenters. The SMILES string of the molecule is CCC[C@@]12C(=O)[C@@](C)(C(c3ccccc3)=C1c1ccccc1)[C@H]1C(=O)N(c3cc([N+](=O)[O-])ccc3C)C(=O)[C@H]12. The van der Waals surface area contributed by atoms with Crippen LogP contribution < -0.4 is 4.90 Å². The number of hydrogen-bond acceptors (Lipinski definition) is 5. The molecule has 1 aliphatic heterocycles. The van der Waals surface area contributed by atoms with Crippen molar-refractivity contribution < 1.29 is 19.3 Å². The molecule has 0 radical (unpaired) electrons. The summed E-state index contributed by atoms with van der Waals surface area (Å²) in [6.07, 6.45) is 1.06. The van der Waals surface area contributed by atoms with E-state index in [2.05, 4.69) is 0 Å². The molecule has 4 atom stereocenters. The quantitative estimate of drug-likeness (QED) is 0.225. The summed E-state index contributed by atoms with van der Waals surface area (Å²) in [5, 5.41) is 11.5. The number of hydrogen-bond donors (Lipinski definition) is 0. The molecule has 1 heterocycles. The average molecular weight is 521 g/mol. The van der Waals surface area contributed by atoms with Crippen molar-refractivity contribution in [1.29, 1.82) is 0 Å². The third-order valence-electron chi connectivity index (χ3n) is 8.97. The Kier molecular flexibility index (Phi) is 5.47. The number of nitrogens with zero attached hydrogens (tertiary/aromatic N) is 2. The number of amides is 2. The lowest BCUT2D eigenvalue weighted by Gasteiger charge is -2.37. The number of fused-ring (bicyclic) bond motifs is 5. The van der Waals surface area contributed by atoms with Crippen molar-refractivity contribution in [2.24, 2.45) is 22.7 Å². The van der Waals surface area contributed by atoms with Gasteiger partial charge in [-0.05, 0) is 48.1 Å². The van der Waals surface area contributed by atoms with Crippen LogP contribution in [0, 0.1) is 39.7 Å². The monoisotopic (exact) mass is 520 g/mol. The molecule has 2 amide bonds. The molecule has 1 saturated carbocycles. The Balaban J connectivity index is 1.64. The molecule has 3 aromatic rings. The number of aryl methyl sites for hydroxylation is 1. The maximum Gasteiger partial charge on any atom is 0.271 e. The number of imide groups is 1. The van der Waals surface area contributed by atoms with Crippen LogP contribution in [0.1, 0.15) is 43.4 Å². The van der Waals surface area contributed by atoms with E-state index in [9.17, 15) is 24.5 Å². The van der Waals surface area contributed by atoms with Crippen LogP contribution in [-0.4, -0.2) is 22.5 Å². The lowest BCUT2D eigenvalue weighted by molar-refractivity contribution is -0.384. The zero-order valence-corrected chi connectivity index (χ0v) is 22.0. The Morgan fingerprint density at radius 2 is 1.41 bits per heavy atom. The summed E-state index contributed by atoms with van der Waals surface area (Å²) < 4.78 is 0. The number of rotatable bonds is 6. The molecule has 7 heteroatoms. The van der Waals surface area contributed by atoms with E-state index in [4.69, 9.17) is 0 Å². The van der Waals surface area contributed by atoms with Crippen molar-refractivity contribution in [3.05, 3.63) is 106 Å². The number of benzene rings is 3. The molecule has 3 aliphatic rings. The Morgan fingerprint density at radius 1 is 0.846 bits per heavy atom. The highest BCUT2D eigenvalue weighted by Crippen LogP contribution is 2.75. The summed E-state index contributed by atoms with van der Waals surface area (Å²) in [6, 6.07) is 23.5. The highest BCUT2D eigenvalue weighted by molar-refractivity contribution is 6.34. The average Bonchev–Trinajstić information content (AvgIpc) is 3.40. The summed E-state index contributed by atoms with van der Waals surface area (Å²) >= 11 is 0. The van der Waals surface area contributed by atoms with Crippen LogP contribution >= 0.6 is 0 Å². The highest BCUT2D eigenvalue weighted by atomic mass is 16.6. The minimum Gasteiger partial charge on any atom is -0.298 e. The van der Waals surface area contributed by atoms with Crippen LogP contribution in [0.4, 0.5) is 11.4 Å². The molecular weight excluding hydrogens is 492 g/mol. The van der Waals surface area contributed by atoms with Gasteiger partial charge < -0.3 is 0 Å². The molecule has 2 fully saturated rings. The normalized spacial score (nSPS) is 27.5. The molecule has 39 heavy (non-hydrogen) atoms. The van der Waals surface area contributed by atoms with Crippen LogP contribution in [0.5, 0.6) is 0 Å². The fourth-order valence-corrected chi connectivity index (χ4v) is 7.55. The van der Waals surface area contributed by atoms with Crippen molar-refractivity contribution in [2.75, 3.05) is 4.90 Å². The van der Waals surface area contributed by atoms with Gasteiger partial charge in [0.05, 0.1) is 33.3 Å².